The lowest BCUT2D eigenvalue weighted by Gasteiger charge is -2.42. The minimum Gasteiger partial charge on any atom is -0.369 e. The summed E-state index contributed by atoms with van der Waals surface area (Å²) in [5, 5.41) is 3.27. The normalized spacial score (nSPS) is 28.2. The average molecular weight is 240 g/mol. The first-order chi connectivity index (χ1) is 8.24. The number of halogens is 2. The average Bonchev–Trinajstić information content (AvgIpc) is 2.32. The van der Waals surface area contributed by atoms with Crippen molar-refractivity contribution in [2.45, 2.75) is 12.2 Å². The van der Waals surface area contributed by atoms with E-state index >= 15 is 0 Å². The van der Waals surface area contributed by atoms with E-state index in [0.29, 0.717) is 18.8 Å². The van der Waals surface area contributed by atoms with Crippen LogP contribution in [0.1, 0.15) is 0 Å². The maximum Gasteiger partial charge on any atom is 0.182 e. The van der Waals surface area contributed by atoms with Crippen molar-refractivity contribution in [1.29, 1.82) is 0 Å². The highest BCUT2D eigenvalue weighted by Crippen LogP contribution is 2.25. The molecule has 2 aliphatic heterocycles. The van der Waals surface area contributed by atoms with Gasteiger partial charge in [0, 0.05) is 26.2 Å². The smallest absolute Gasteiger partial charge is 0.182 e. The van der Waals surface area contributed by atoms with E-state index in [4.69, 9.17) is 4.74 Å². The standard InChI is InChI=1S/C12H14F2N2O/c13-10-2-1-3-11(12(10)14)16-6-8-4-15-5-9(7-16)17-8/h1-3,8-9,15H,4-7H2. The van der Waals surface area contributed by atoms with Crippen LogP contribution in [0, 0.1) is 11.6 Å². The first kappa shape index (κ1) is 10.9. The van der Waals surface area contributed by atoms with Crippen LogP contribution >= 0.6 is 0 Å². The van der Waals surface area contributed by atoms with Gasteiger partial charge < -0.3 is 15.0 Å². The van der Waals surface area contributed by atoms with Crippen molar-refractivity contribution in [2.75, 3.05) is 31.1 Å². The van der Waals surface area contributed by atoms with Crippen molar-refractivity contribution in [3.05, 3.63) is 29.8 Å². The predicted molar refractivity (Wildman–Crippen MR) is 60.1 cm³/mol. The van der Waals surface area contributed by atoms with Crippen molar-refractivity contribution in [2.24, 2.45) is 0 Å². The second-order valence-corrected chi connectivity index (χ2v) is 4.52. The molecule has 17 heavy (non-hydrogen) atoms. The van der Waals surface area contributed by atoms with Crippen LogP contribution in [0.5, 0.6) is 0 Å². The molecule has 0 aromatic heterocycles. The minimum atomic E-state index is -0.794. The molecule has 1 N–H and O–H groups in total. The first-order valence-corrected chi connectivity index (χ1v) is 5.79. The number of nitrogens with zero attached hydrogens (tertiary/aromatic N) is 1. The molecule has 3 rings (SSSR count). The SMILES string of the molecule is Fc1cccc(N2CC3CNCC(C2)O3)c1F. The third-order valence-corrected chi connectivity index (χ3v) is 3.25. The van der Waals surface area contributed by atoms with Gasteiger partial charge in [-0.25, -0.2) is 8.78 Å². The van der Waals surface area contributed by atoms with Crippen LogP contribution in [0.2, 0.25) is 0 Å². The molecule has 92 valence electrons. The van der Waals surface area contributed by atoms with Gasteiger partial charge in [-0.15, -0.1) is 0 Å². The Hall–Kier alpha value is -1.20. The molecule has 2 bridgehead atoms. The zero-order chi connectivity index (χ0) is 11.8. The molecule has 0 radical (unpaired) electrons. The molecule has 1 aromatic rings. The number of rotatable bonds is 1. The maximum atomic E-state index is 13.7. The minimum absolute atomic E-state index is 0.0603. The van der Waals surface area contributed by atoms with Crippen molar-refractivity contribution in [3.8, 4) is 0 Å². The van der Waals surface area contributed by atoms with Gasteiger partial charge in [0.1, 0.15) is 0 Å². The highest BCUT2D eigenvalue weighted by molar-refractivity contribution is 5.49. The van der Waals surface area contributed by atoms with E-state index in [0.717, 1.165) is 19.2 Å². The van der Waals surface area contributed by atoms with Gasteiger partial charge in [0.05, 0.1) is 17.9 Å². The van der Waals surface area contributed by atoms with Crippen LogP contribution in [-0.4, -0.2) is 38.4 Å². The number of anilines is 1. The summed E-state index contributed by atoms with van der Waals surface area (Å²) in [7, 11) is 0. The molecule has 2 saturated heterocycles. The Balaban J connectivity index is 1.86. The van der Waals surface area contributed by atoms with Crippen LogP contribution in [0.3, 0.4) is 0 Å². The lowest BCUT2D eigenvalue weighted by Crippen LogP contribution is -2.58. The Bertz CT molecular complexity index is 415. The Morgan fingerprint density at radius 3 is 2.59 bits per heavy atom. The number of hydrogen-bond acceptors (Lipinski definition) is 3. The summed E-state index contributed by atoms with van der Waals surface area (Å²) in [6, 6.07) is 4.30. The Morgan fingerprint density at radius 2 is 1.88 bits per heavy atom. The summed E-state index contributed by atoms with van der Waals surface area (Å²) in [4.78, 5) is 1.87. The maximum absolute atomic E-state index is 13.7. The van der Waals surface area contributed by atoms with Gasteiger partial charge >= 0.3 is 0 Å². The Labute approximate surface area is 98.4 Å². The van der Waals surface area contributed by atoms with Crippen LogP contribution in [0.25, 0.3) is 0 Å². The Kier molecular flexibility index (Phi) is 2.72. The van der Waals surface area contributed by atoms with E-state index in [1.54, 1.807) is 6.07 Å². The number of morpholine rings is 2. The molecule has 0 saturated carbocycles. The first-order valence-electron chi connectivity index (χ1n) is 5.79. The van der Waals surface area contributed by atoms with Crippen LogP contribution in [0.4, 0.5) is 14.5 Å². The molecule has 2 atom stereocenters. The number of benzene rings is 1. The lowest BCUT2D eigenvalue weighted by molar-refractivity contribution is -0.0485. The number of fused-ring (bicyclic) bond motifs is 2. The van der Waals surface area contributed by atoms with E-state index < -0.39 is 11.6 Å². The van der Waals surface area contributed by atoms with Crippen LogP contribution < -0.4 is 10.2 Å². The van der Waals surface area contributed by atoms with Crippen molar-refractivity contribution in [3.63, 3.8) is 0 Å². The van der Waals surface area contributed by atoms with Gasteiger partial charge in [-0.1, -0.05) is 6.07 Å². The summed E-state index contributed by atoms with van der Waals surface area (Å²) in [5.74, 6) is -1.56. The second kappa shape index (κ2) is 4.23. The fourth-order valence-corrected chi connectivity index (χ4v) is 2.49. The highest BCUT2D eigenvalue weighted by Gasteiger charge is 2.32. The second-order valence-electron chi connectivity index (χ2n) is 4.52. The molecule has 0 spiro atoms. The largest absolute Gasteiger partial charge is 0.369 e. The van der Waals surface area contributed by atoms with E-state index in [1.807, 2.05) is 4.90 Å². The molecule has 0 amide bonds. The molecule has 2 fully saturated rings. The number of hydrogen-bond donors (Lipinski definition) is 1. The Morgan fingerprint density at radius 1 is 1.18 bits per heavy atom. The molecular formula is C12H14F2N2O. The highest BCUT2D eigenvalue weighted by atomic mass is 19.2. The molecule has 5 heteroatoms. The fraction of sp³-hybridized carbons (Fsp3) is 0.500. The summed E-state index contributed by atoms with van der Waals surface area (Å²) in [5.41, 5.74) is 0.338. The summed E-state index contributed by atoms with van der Waals surface area (Å²) >= 11 is 0. The van der Waals surface area contributed by atoms with E-state index in [2.05, 4.69) is 5.32 Å². The zero-order valence-electron chi connectivity index (χ0n) is 9.33. The summed E-state index contributed by atoms with van der Waals surface area (Å²) in [6.07, 6.45) is 0.121. The summed E-state index contributed by atoms with van der Waals surface area (Å²) in [6.45, 7) is 2.74. The van der Waals surface area contributed by atoms with E-state index in [9.17, 15) is 8.78 Å². The van der Waals surface area contributed by atoms with Crippen LogP contribution in [-0.2, 0) is 4.74 Å². The van der Waals surface area contributed by atoms with Gasteiger partial charge in [-0.3, -0.25) is 0 Å². The molecule has 1 aromatic carbocycles. The third-order valence-electron chi connectivity index (χ3n) is 3.25. The molecule has 2 heterocycles. The predicted octanol–water partition coefficient (Wildman–Crippen LogP) is 1.14. The van der Waals surface area contributed by atoms with Gasteiger partial charge in [0.15, 0.2) is 11.6 Å². The summed E-state index contributed by atoms with van der Waals surface area (Å²) < 4.78 is 32.6. The van der Waals surface area contributed by atoms with Gasteiger partial charge in [0.2, 0.25) is 0 Å². The van der Waals surface area contributed by atoms with E-state index in [1.165, 1.54) is 6.07 Å². The molecule has 0 aliphatic carbocycles. The van der Waals surface area contributed by atoms with Crippen molar-refractivity contribution in [1.82, 2.24) is 5.32 Å². The molecule has 2 unspecified atom stereocenters. The van der Waals surface area contributed by atoms with Crippen LogP contribution in [0.15, 0.2) is 18.2 Å². The quantitative estimate of drug-likeness (QED) is 0.796. The molecule has 3 nitrogen and oxygen atoms in total. The van der Waals surface area contributed by atoms with Crippen molar-refractivity contribution >= 4 is 5.69 Å². The zero-order valence-corrected chi connectivity index (χ0v) is 9.33. The number of nitrogens with one attached hydrogen (secondary N) is 1. The molecular weight excluding hydrogens is 226 g/mol. The van der Waals surface area contributed by atoms with Gasteiger partial charge in [0.25, 0.3) is 0 Å². The topological polar surface area (TPSA) is 24.5 Å². The fourth-order valence-electron chi connectivity index (χ4n) is 2.49. The monoisotopic (exact) mass is 240 g/mol. The number of ether oxygens (including phenoxy) is 1. The lowest BCUT2D eigenvalue weighted by atomic mass is 10.1. The van der Waals surface area contributed by atoms with Crippen molar-refractivity contribution < 1.29 is 13.5 Å². The molecule has 2 aliphatic rings. The third kappa shape index (κ3) is 2.00. The van der Waals surface area contributed by atoms with Gasteiger partial charge in [-0.2, -0.15) is 0 Å². The van der Waals surface area contributed by atoms with E-state index in [-0.39, 0.29) is 12.2 Å². The van der Waals surface area contributed by atoms with Gasteiger partial charge in [-0.05, 0) is 12.1 Å².